The molecule has 0 saturated heterocycles. The lowest BCUT2D eigenvalue weighted by molar-refractivity contribution is -0.131. The lowest BCUT2D eigenvalue weighted by atomic mass is 10.0. The first-order valence-electron chi connectivity index (χ1n) is 8.38. The summed E-state index contributed by atoms with van der Waals surface area (Å²) in [7, 11) is 0. The molecule has 3 aromatic carbocycles. The van der Waals surface area contributed by atoms with Crippen LogP contribution in [0.15, 0.2) is 66.7 Å². The van der Waals surface area contributed by atoms with E-state index in [0.717, 1.165) is 10.9 Å². The van der Waals surface area contributed by atoms with E-state index in [4.69, 9.17) is 9.47 Å². The standard InChI is InChI=1S/C21H19NO3/c1-14(16-11-10-15-6-2-3-7-17(15)12-16)22-21(23)20-13-24-18-8-4-5-9-19(18)25-20/h2-12,14,20H,13H2,1H3,(H,22,23)/t14-,20-/m0/s1. The van der Waals surface area contributed by atoms with Gasteiger partial charge >= 0.3 is 0 Å². The highest BCUT2D eigenvalue weighted by atomic mass is 16.6. The summed E-state index contributed by atoms with van der Waals surface area (Å²) in [6.45, 7) is 2.19. The number of nitrogens with one attached hydrogen (secondary N) is 1. The molecular weight excluding hydrogens is 314 g/mol. The molecule has 4 rings (SSSR count). The summed E-state index contributed by atoms with van der Waals surface area (Å²) in [4.78, 5) is 12.5. The first-order chi connectivity index (χ1) is 12.2. The van der Waals surface area contributed by atoms with Crippen molar-refractivity contribution in [1.29, 1.82) is 0 Å². The zero-order valence-electron chi connectivity index (χ0n) is 13.9. The number of benzene rings is 3. The van der Waals surface area contributed by atoms with Crippen LogP contribution in [0.5, 0.6) is 11.5 Å². The van der Waals surface area contributed by atoms with Crippen molar-refractivity contribution in [1.82, 2.24) is 5.32 Å². The largest absolute Gasteiger partial charge is 0.485 e. The second-order valence-corrected chi connectivity index (χ2v) is 6.20. The van der Waals surface area contributed by atoms with Crippen molar-refractivity contribution in [2.75, 3.05) is 6.61 Å². The summed E-state index contributed by atoms with van der Waals surface area (Å²) in [5.41, 5.74) is 1.06. The average Bonchev–Trinajstić information content (AvgIpc) is 2.67. The molecule has 0 aromatic heterocycles. The summed E-state index contributed by atoms with van der Waals surface area (Å²) in [6.07, 6.45) is -0.641. The Morgan fingerprint density at radius 2 is 1.72 bits per heavy atom. The van der Waals surface area contributed by atoms with E-state index in [1.54, 1.807) is 0 Å². The van der Waals surface area contributed by atoms with Crippen molar-refractivity contribution in [3.8, 4) is 11.5 Å². The van der Waals surface area contributed by atoms with E-state index >= 15 is 0 Å². The normalized spacial score (nSPS) is 17.1. The molecule has 2 atom stereocenters. The highest BCUT2D eigenvalue weighted by molar-refractivity contribution is 5.84. The highest BCUT2D eigenvalue weighted by Crippen LogP contribution is 2.31. The number of carbonyl (C=O) groups excluding carboxylic acids is 1. The van der Waals surface area contributed by atoms with E-state index in [1.165, 1.54) is 5.39 Å². The van der Waals surface area contributed by atoms with Crippen molar-refractivity contribution < 1.29 is 14.3 Å². The molecule has 0 bridgehead atoms. The molecule has 0 radical (unpaired) electrons. The number of ether oxygens (including phenoxy) is 2. The third-order valence-corrected chi connectivity index (χ3v) is 4.43. The fourth-order valence-corrected chi connectivity index (χ4v) is 3.02. The summed E-state index contributed by atoms with van der Waals surface area (Å²) in [5.74, 6) is 1.11. The maximum Gasteiger partial charge on any atom is 0.265 e. The van der Waals surface area contributed by atoms with Gasteiger partial charge < -0.3 is 14.8 Å². The van der Waals surface area contributed by atoms with Crippen LogP contribution < -0.4 is 14.8 Å². The first kappa shape index (κ1) is 15.5. The van der Waals surface area contributed by atoms with Gasteiger partial charge in [-0.15, -0.1) is 0 Å². The van der Waals surface area contributed by atoms with Gasteiger partial charge in [0, 0.05) is 0 Å². The van der Waals surface area contributed by atoms with Crippen molar-refractivity contribution in [2.24, 2.45) is 0 Å². The molecule has 0 aliphatic carbocycles. The number of hydrogen-bond acceptors (Lipinski definition) is 3. The summed E-state index contributed by atoms with van der Waals surface area (Å²) >= 11 is 0. The van der Waals surface area contributed by atoms with Gasteiger partial charge in [-0.25, -0.2) is 0 Å². The van der Waals surface area contributed by atoms with Gasteiger partial charge in [0.1, 0.15) is 6.61 Å². The Morgan fingerprint density at radius 1 is 1.00 bits per heavy atom. The van der Waals surface area contributed by atoms with Crippen LogP contribution in [0.3, 0.4) is 0 Å². The molecule has 1 heterocycles. The zero-order valence-corrected chi connectivity index (χ0v) is 13.9. The number of fused-ring (bicyclic) bond motifs is 2. The molecule has 0 saturated carbocycles. The van der Waals surface area contributed by atoms with Crippen LogP contribution in [-0.2, 0) is 4.79 Å². The number of amides is 1. The van der Waals surface area contributed by atoms with Crippen LogP contribution in [-0.4, -0.2) is 18.6 Å². The first-order valence-corrected chi connectivity index (χ1v) is 8.38. The van der Waals surface area contributed by atoms with Crippen molar-refractivity contribution in [2.45, 2.75) is 19.1 Å². The van der Waals surface area contributed by atoms with Gasteiger partial charge in [0.15, 0.2) is 11.5 Å². The monoisotopic (exact) mass is 333 g/mol. The predicted octanol–water partition coefficient (Wildman–Crippen LogP) is 3.86. The van der Waals surface area contributed by atoms with Crippen LogP contribution in [0.4, 0.5) is 0 Å². The Labute approximate surface area is 146 Å². The van der Waals surface area contributed by atoms with Gasteiger partial charge in [-0.3, -0.25) is 4.79 Å². The fourth-order valence-electron chi connectivity index (χ4n) is 3.02. The summed E-state index contributed by atoms with van der Waals surface area (Å²) < 4.78 is 11.4. The summed E-state index contributed by atoms with van der Waals surface area (Å²) in [5, 5.41) is 5.36. The smallest absolute Gasteiger partial charge is 0.265 e. The lowest BCUT2D eigenvalue weighted by Gasteiger charge is -2.27. The Hall–Kier alpha value is -3.01. The number of hydrogen-bond donors (Lipinski definition) is 1. The zero-order chi connectivity index (χ0) is 17.2. The number of carbonyl (C=O) groups is 1. The van der Waals surface area contributed by atoms with Gasteiger partial charge in [0.05, 0.1) is 6.04 Å². The minimum absolute atomic E-state index is 0.113. The van der Waals surface area contributed by atoms with E-state index in [2.05, 4.69) is 29.6 Å². The molecular formula is C21H19NO3. The van der Waals surface area contributed by atoms with Gasteiger partial charge in [0.25, 0.3) is 5.91 Å². The molecule has 126 valence electrons. The van der Waals surface area contributed by atoms with Gasteiger partial charge in [-0.1, -0.05) is 48.5 Å². The third kappa shape index (κ3) is 3.15. The van der Waals surface area contributed by atoms with Crippen LogP contribution in [0.2, 0.25) is 0 Å². The third-order valence-electron chi connectivity index (χ3n) is 4.43. The van der Waals surface area contributed by atoms with E-state index in [9.17, 15) is 4.79 Å². The highest BCUT2D eigenvalue weighted by Gasteiger charge is 2.28. The minimum Gasteiger partial charge on any atom is -0.485 e. The maximum atomic E-state index is 12.5. The van der Waals surface area contributed by atoms with Crippen LogP contribution in [0.1, 0.15) is 18.5 Å². The van der Waals surface area contributed by atoms with Gasteiger partial charge in [-0.2, -0.15) is 0 Å². The molecule has 1 aliphatic heterocycles. The molecule has 0 unspecified atom stereocenters. The minimum atomic E-state index is -0.641. The Balaban J connectivity index is 1.46. The van der Waals surface area contributed by atoms with E-state index in [0.29, 0.717) is 11.5 Å². The topological polar surface area (TPSA) is 47.6 Å². The summed E-state index contributed by atoms with van der Waals surface area (Å²) in [6, 6.07) is 21.7. The molecule has 4 nitrogen and oxygen atoms in total. The number of para-hydroxylation sites is 2. The van der Waals surface area contributed by atoms with Crippen molar-refractivity contribution >= 4 is 16.7 Å². The van der Waals surface area contributed by atoms with Crippen LogP contribution in [0, 0.1) is 0 Å². The Morgan fingerprint density at radius 3 is 2.56 bits per heavy atom. The Bertz CT molecular complexity index is 922. The molecule has 0 spiro atoms. The van der Waals surface area contributed by atoms with Gasteiger partial charge in [-0.05, 0) is 41.5 Å². The molecule has 4 heteroatoms. The van der Waals surface area contributed by atoms with Gasteiger partial charge in [0.2, 0.25) is 6.10 Å². The van der Waals surface area contributed by atoms with Crippen LogP contribution in [0.25, 0.3) is 10.8 Å². The van der Waals surface area contributed by atoms with Crippen molar-refractivity contribution in [3.05, 3.63) is 72.3 Å². The second kappa shape index (κ2) is 6.48. The Kier molecular flexibility index (Phi) is 4.02. The van der Waals surface area contributed by atoms with E-state index in [1.807, 2.05) is 49.4 Å². The molecule has 1 amide bonds. The maximum absolute atomic E-state index is 12.5. The predicted molar refractivity (Wildman–Crippen MR) is 96.9 cm³/mol. The molecule has 25 heavy (non-hydrogen) atoms. The number of rotatable bonds is 3. The van der Waals surface area contributed by atoms with E-state index < -0.39 is 6.10 Å². The average molecular weight is 333 g/mol. The molecule has 3 aromatic rings. The van der Waals surface area contributed by atoms with E-state index in [-0.39, 0.29) is 18.6 Å². The molecule has 0 fully saturated rings. The fraction of sp³-hybridized carbons (Fsp3) is 0.190. The SMILES string of the molecule is C[C@H](NC(=O)[C@@H]1COc2ccccc2O1)c1ccc2ccccc2c1. The molecule has 1 N–H and O–H groups in total. The van der Waals surface area contributed by atoms with Crippen LogP contribution >= 0.6 is 0 Å². The van der Waals surface area contributed by atoms with Crippen molar-refractivity contribution in [3.63, 3.8) is 0 Å². The quantitative estimate of drug-likeness (QED) is 0.792. The molecule has 1 aliphatic rings. The lowest BCUT2D eigenvalue weighted by Crippen LogP contribution is -2.44. The second-order valence-electron chi connectivity index (χ2n) is 6.20.